The fourth-order valence-electron chi connectivity index (χ4n) is 3.93. The SMILES string of the molecule is CCOP(C)(=O)CCC1(C)C(OC)Cn2cc(Br)c(=O)c(OC)c2C1OCOC. The molecule has 2 rings (SSSR count). The van der Waals surface area contributed by atoms with E-state index in [1.165, 1.54) is 14.2 Å². The summed E-state index contributed by atoms with van der Waals surface area (Å²) in [6, 6.07) is 0. The molecular weight excluding hydrogens is 465 g/mol. The molecule has 0 bridgehead atoms. The van der Waals surface area contributed by atoms with E-state index in [0.29, 0.717) is 35.9 Å². The number of nitrogens with zero attached hydrogens (tertiary/aromatic N) is 1. The summed E-state index contributed by atoms with van der Waals surface area (Å²) < 4.78 is 43.1. The van der Waals surface area contributed by atoms with Gasteiger partial charge >= 0.3 is 0 Å². The molecule has 0 aromatic carbocycles. The number of methoxy groups -OCH3 is 3. The Morgan fingerprint density at radius 3 is 2.59 bits per heavy atom. The summed E-state index contributed by atoms with van der Waals surface area (Å²) in [6.45, 7) is 6.40. The number of hydrogen-bond acceptors (Lipinski definition) is 7. The molecule has 8 nitrogen and oxygen atoms in total. The highest BCUT2D eigenvalue weighted by atomic mass is 79.9. The third-order valence-electron chi connectivity index (χ3n) is 5.48. The first-order chi connectivity index (χ1) is 13.6. The predicted octanol–water partition coefficient (Wildman–Crippen LogP) is 3.65. The molecule has 1 aliphatic rings. The second kappa shape index (κ2) is 10.1. The summed E-state index contributed by atoms with van der Waals surface area (Å²) in [5.41, 5.74) is -0.224. The molecule has 0 radical (unpaired) electrons. The number of rotatable bonds is 10. The van der Waals surface area contributed by atoms with Crippen molar-refractivity contribution in [3.8, 4) is 5.75 Å². The summed E-state index contributed by atoms with van der Waals surface area (Å²) in [7, 11) is 1.88. The average Bonchev–Trinajstić information content (AvgIpc) is 2.67. The average molecular weight is 496 g/mol. The maximum absolute atomic E-state index is 12.8. The van der Waals surface area contributed by atoms with E-state index in [2.05, 4.69) is 15.9 Å². The number of halogens is 1. The van der Waals surface area contributed by atoms with Crippen LogP contribution in [0.5, 0.6) is 5.75 Å². The third kappa shape index (κ3) is 5.14. The molecule has 1 aliphatic heterocycles. The highest BCUT2D eigenvalue weighted by Gasteiger charge is 2.50. The smallest absolute Gasteiger partial charge is 0.237 e. The summed E-state index contributed by atoms with van der Waals surface area (Å²) in [5, 5.41) is 0. The Hall–Kier alpha value is -0.700. The van der Waals surface area contributed by atoms with Gasteiger partial charge in [0.05, 0.1) is 30.0 Å². The highest BCUT2D eigenvalue weighted by Crippen LogP contribution is 2.53. The van der Waals surface area contributed by atoms with Crippen molar-refractivity contribution in [2.75, 3.05) is 47.6 Å². The Morgan fingerprint density at radius 1 is 1.34 bits per heavy atom. The van der Waals surface area contributed by atoms with Crippen molar-refractivity contribution in [1.82, 2.24) is 4.57 Å². The van der Waals surface area contributed by atoms with Crippen molar-refractivity contribution in [3.63, 3.8) is 0 Å². The second-order valence-electron chi connectivity index (χ2n) is 7.47. The maximum atomic E-state index is 12.8. The molecule has 0 spiro atoms. The minimum Gasteiger partial charge on any atom is -0.491 e. The molecule has 0 amide bonds. The minimum atomic E-state index is -2.76. The summed E-state index contributed by atoms with van der Waals surface area (Å²) >= 11 is 3.31. The van der Waals surface area contributed by atoms with Gasteiger partial charge in [0.25, 0.3) is 0 Å². The molecule has 0 aliphatic carbocycles. The molecular formula is C19H31BrNO7P. The molecule has 4 unspecified atom stereocenters. The number of ether oxygens (including phenoxy) is 4. The summed E-state index contributed by atoms with van der Waals surface area (Å²) in [4.78, 5) is 12.7. The summed E-state index contributed by atoms with van der Waals surface area (Å²) in [6.07, 6.45) is 1.78. The lowest BCUT2D eigenvalue weighted by Crippen LogP contribution is -2.49. The number of hydrogen-bond donors (Lipinski definition) is 0. The van der Waals surface area contributed by atoms with Crippen LogP contribution in [0.2, 0.25) is 0 Å². The first-order valence-corrected chi connectivity index (χ1v) is 12.5. The van der Waals surface area contributed by atoms with E-state index in [1.807, 2.05) is 18.4 Å². The Kier molecular flexibility index (Phi) is 8.53. The van der Waals surface area contributed by atoms with E-state index in [-0.39, 0.29) is 24.1 Å². The Balaban J connectivity index is 2.58. The lowest BCUT2D eigenvalue weighted by molar-refractivity contribution is -0.172. The molecule has 4 atom stereocenters. The van der Waals surface area contributed by atoms with Gasteiger partial charge in [-0.1, -0.05) is 6.92 Å². The van der Waals surface area contributed by atoms with Gasteiger partial charge in [0.1, 0.15) is 12.9 Å². The number of pyridine rings is 1. The van der Waals surface area contributed by atoms with Gasteiger partial charge in [-0.05, 0) is 29.3 Å². The van der Waals surface area contributed by atoms with Crippen molar-refractivity contribution in [1.29, 1.82) is 0 Å². The molecule has 166 valence electrons. The van der Waals surface area contributed by atoms with E-state index >= 15 is 0 Å². The van der Waals surface area contributed by atoms with Gasteiger partial charge in [-0.3, -0.25) is 9.36 Å². The second-order valence-corrected chi connectivity index (χ2v) is 11.1. The van der Waals surface area contributed by atoms with Crippen LogP contribution in [0.3, 0.4) is 0 Å². The lowest BCUT2D eigenvalue weighted by atomic mass is 9.72. The molecule has 29 heavy (non-hydrogen) atoms. The van der Waals surface area contributed by atoms with Gasteiger partial charge < -0.3 is 28.0 Å². The summed E-state index contributed by atoms with van der Waals surface area (Å²) in [5.74, 6) is 0.214. The van der Waals surface area contributed by atoms with Crippen LogP contribution in [0, 0.1) is 5.41 Å². The molecule has 0 saturated heterocycles. The van der Waals surface area contributed by atoms with Crippen LogP contribution in [0.1, 0.15) is 32.1 Å². The van der Waals surface area contributed by atoms with Gasteiger partial charge in [-0.15, -0.1) is 0 Å². The zero-order valence-corrected chi connectivity index (χ0v) is 20.4. The minimum absolute atomic E-state index is 0.0271. The van der Waals surface area contributed by atoms with Crippen LogP contribution in [0.15, 0.2) is 15.5 Å². The fraction of sp³-hybridized carbons (Fsp3) is 0.737. The normalized spacial score (nSPS) is 26.0. The van der Waals surface area contributed by atoms with Crippen molar-refractivity contribution < 1.29 is 28.0 Å². The van der Waals surface area contributed by atoms with Gasteiger partial charge in [0.2, 0.25) is 5.43 Å². The topological polar surface area (TPSA) is 85.2 Å². The first-order valence-electron chi connectivity index (χ1n) is 9.46. The van der Waals surface area contributed by atoms with E-state index in [9.17, 15) is 9.36 Å². The van der Waals surface area contributed by atoms with Gasteiger partial charge in [-0.2, -0.15) is 0 Å². The van der Waals surface area contributed by atoms with E-state index in [0.717, 1.165) is 0 Å². The zero-order valence-electron chi connectivity index (χ0n) is 17.9. The van der Waals surface area contributed by atoms with Crippen molar-refractivity contribution >= 4 is 23.3 Å². The van der Waals surface area contributed by atoms with Crippen molar-refractivity contribution in [3.05, 3.63) is 26.6 Å². The molecule has 0 saturated carbocycles. The van der Waals surface area contributed by atoms with Crippen LogP contribution in [0.4, 0.5) is 0 Å². The predicted molar refractivity (Wildman–Crippen MR) is 114 cm³/mol. The maximum Gasteiger partial charge on any atom is 0.237 e. The Bertz CT molecular complexity index is 814. The van der Waals surface area contributed by atoms with Crippen LogP contribution in [-0.2, 0) is 29.8 Å². The number of aromatic nitrogens is 1. The van der Waals surface area contributed by atoms with Crippen molar-refractivity contribution in [2.24, 2.45) is 5.41 Å². The highest BCUT2D eigenvalue weighted by molar-refractivity contribution is 9.10. The molecule has 1 aromatic heterocycles. The van der Waals surface area contributed by atoms with Gasteiger partial charge in [-0.25, -0.2) is 0 Å². The monoisotopic (exact) mass is 495 g/mol. The Morgan fingerprint density at radius 2 is 2.03 bits per heavy atom. The van der Waals surface area contributed by atoms with Gasteiger partial charge in [0, 0.05) is 45.2 Å². The molecule has 1 aromatic rings. The molecule has 2 heterocycles. The molecule has 0 N–H and O–H groups in total. The van der Waals surface area contributed by atoms with Crippen LogP contribution < -0.4 is 10.2 Å². The Labute approximate surface area is 180 Å². The van der Waals surface area contributed by atoms with Crippen LogP contribution in [-0.4, -0.2) is 58.2 Å². The fourth-order valence-corrected chi connectivity index (χ4v) is 5.92. The van der Waals surface area contributed by atoms with Crippen LogP contribution >= 0.6 is 23.3 Å². The van der Waals surface area contributed by atoms with Crippen molar-refractivity contribution in [2.45, 2.75) is 39.0 Å². The van der Waals surface area contributed by atoms with Crippen LogP contribution in [0.25, 0.3) is 0 Å². The molecule has 10 heteroatoms. The quantitative estimate of drug-likeness (QED) is 0.361. The third-order valence-corrected chi connectivity index (χ3v) is 7.89. The van der Waals surface area contributed by atoms with E-state index < -0.39 is 18.9 Å². The lowest BCUT2D eigenvalue weighted by Gasteiger charge is -2.48. The zero-order chi connectivity index (χ0) is 21.8. The van der Waals surface area contributed by atoms with E-state index in [1.54, 1.807) is 20.0 Å². The molecule has 0 fully saturated rings. The van der Waals surface area contributed by atoms with E-state index in [4.69, 9.17) is 23.5 Å². The van der Waals surface area contributed by atoms with Gasteiger partial charge in [0.15, 0.2) is 13.1 Å². The largest absolute Gasteiger partial charge is 0.491 e. The standard InChI is InChI=1S/C19H31BrNO7P/c1-7-28-29(6,23)9-8-19(2)14(25-4)11-21-10-13(20)16(22)17(26-5)15(21)18(19)27-12-24-3/h10,14,18H,7-9,11-12H2,1-6H3. The first kappa shape index (κ1) is 24.6. The number of fused-ring (bicyclic) bond motifs is 1.